The zero-order valence-electron chi connectivity index (χ0n) is 77.4. The van der Waals surface area contributed by atoms with Crippen molar-refractivity contribution in [2.24, 2.45) is 87.3 Å². The van der Waals surface area contributed by atoms with E-state index >= 15 is 0 Å². The monoisotopic (exact) mass is 1800 g/mol. The maximum absolute atomic E-state index is 14.0. The predicted molar refractivity (Wildman–Crippen MR) is 494 cm³/mol. The molecule has 6 aromatic carbocycles. The van der Waals surface area contributed by atoms with E-state index in [2.05, 4.69) is 109 Å². The molecule has 2 aromatic heterocycles. The number of aromatic amines is 2. The summed E-state index contributed by atoms with van der Waals surface area (Å²) in [5, 5.41) is 92.7. The Morgan fingerprint density at radius 2 is 0.702 bits per heavy atom. The summed E-state index contributed by atoms with van der Waals surface area (Å²) in [5.74, 6) is 1.08. The van der Waals surface area contributed by atoms with Crippen molar-refractivity contribution in [1.82, 2.24) is 61.7 Å². The summed E-state index contributed by atoms with van der Waals surface area (Å²) in [7, 11) is 0. The van der Waals surface area contributed by atoms with E-state index in [-0.39, 0.29) is 92.7 Å². The SMILES string of the molecule is C[C@@H]1[C@@H](NC(=O)[C@@H]2[C@H]([C@H](C)O)[C@H](CO)ON2Cc2cccc(-c3cccc(C(=O)NCCc4cnc[nH]4)c3)c2)C[C@H]2C[C@@H]1C2(C)C.C[C@@H]1[C@@H](NC(=O)[C@@H]2[C@H]([C@H](C)O)[C@H](CO)ON2Cc2cccc(-c3cccc(C(=O)NCCc4cnc[nH]4)c3)c2)C[C@H]2C[C@@H]1C2(C)C.C[C@@H]1[C@@H](NC(=O)[C@@H]2[C@H]([C@H](C)O)[C@H](CO)ON2Cc2cccc(-c3cccc(C(=O)O)c3)c2)C[C@H]2C[C@@H]1C2(C)C. The van der Waals surface area contributed by atoms with Gasteiger partial charge in [-0.15, -0.1) is 0 Å². The zero-order chi connectivity index (χ0) is 93.2. The normalized spacial score (nSPS) is 30.1. The number of H-pyrrole nitrogens is 2. The van der Waals surface area contributed by atoms with Gasteiger partial charge in [0.25, 0.3) is 11.8 Å². The molecule has 12 aliphatic rings. The minimum absolute atomic E-state index is 0.0730. The van der Waals surface area contributed by atoms with Gasteiger partial charge in [0.2, 0.25) is 17.7 Å². The molecule has 0 spiro atoms. The fraction of sp³-hybridized carbons (Fsp3) is 0.534. The molecule has 702 valence electrons. The van der Waals surface area contributed by atoms with E-state index in [9.17, 15) is 64.5 Å². The number of benzene rings is 6. The number of imidazole rings is 2. The van der Waals surface area contributed by atoms with Gasteiger partial charge < -0.3 is 72.3 Å². The number of carbonyl (C=O) groups is 6. The fourth-order valence-corrected chi connectivity index (χ4v) is 23.7. The van der Waals surface area contributed by atoms with Crippen LogP contribution in [0.5, 0.6) is 0 Å². The van der Waals surface area contributed by atoms with Crippen molar-refractivity contribution in [2.75, 3.05) is 32.9 Å². The molecular weight excluding hydrogens is 1660 g/mol. The standard InChI is InChI=1S/2C36H47N5O5.C31H40N2O6/c2*1-21-29-15-27(36(29,3)4)16-30(21)40-35(45)33-32(22(2)43)31(19-42)46-41(33)18-23-7-5-8-24(13-23)25-9-6-10-26(14-25)34(44)38-12-11-28-17-37-20-39-28;1-17-24-13-23(31(24,3)4)14-25(17)32-29(36)28-27(18(2)35)26(16-34)39-33(28)15-19-7-5-8-20(11-19)21-9-6-10-22(12-21)30(37)38/h2*5-10,13-14,17,20-22,27,29-33,42-43H,11-12,15-16,18-19H2,1-4H3,(H,37,39)(H,38,44)(H,40,45);5-12,17-18,23-28,34-35H,13-16H2,1-4H3,(H,32,36)(H,37,38)/t2*21-,22-,27+,29-,30-,31-,32+,33-;17-,18-,23+,24-,25-,26-,27+,28-/m000/s1. The Morgan fingerprint density at radius 1 is 0.420 bits per heavy atom. The maximum atomic E-state index is 14.0. The average Bonchev–Trinajstić information content (AvgIpc) is 1.54. The number of aromatic nitrogens is 4. The van der Waals surface area contributed by atoms with Crippen LogP contribution < -0.4 is 26.6 Å². The van der Waals surface area contributed by atoms with Gasteiger partial charge in [0.1, 0.15) is 36.4 Å². The molecule has 20 rings (SSSR count). The van der Waals surface area contributed by atoms with E-state index in [1.54, 1.807) is 91.3 Å². The molecule has 28 nitrogen and oxygen atoms in total. The van der Waals surface area contributed by atoms with Crippen LogP contribution in [0.4, 0.5) is 0 Å². The first-order chi connectivity index (χ1) is 62.6. The Balaban J connectivity index is 0.000000151. The number of rotatable bonds is 30. The average molecular weight is 1800 g/mol. The summed E-state index contributed by atoms with van der Waals surface area (Å²) in [6, 6.07) is 43.2. The van der Waals surface area contributed by atoms with Crippen LogP contribution >= 0.6 is 0 Å². The Kier molecular flexibility index (Phi) is 29.6. The van der Waals surface area contributed by atoms with Gasteiger partial charge in [0.15, 0.2) is 0 Å². The Morgan fingerprint density at radius 3 is 0.962 bits per heavy atom. The highest BCUT2D eigenvalue weighted by Crippen LogP contribution is 2.64. The molecule has 5 heterocycles. The molecule has 3 saturated heterocycles. The van der Waals surface area contributed by atoms with Gasteiger partial charge in [-0.3, -0.25) is 38.5 Å². The number of carboxylic acid groups (broad SMARTS) is 1. The van der Waals surface area contributed by atoms with Gasteiger partial charge >= 0.3 is 5.97 Å². The summed E-state index contributed by atoms with van der Waals surface area (Å²) in [6.07, 6.45) is 9.92. The van der Waals surface area contributed by atoms with E-state index in [1.807, 2.05) is 115 Å². The van der Waals surface area contributed by atoms with E-state index in [0.29, 0.717) is 107 Å². The van der Waals surface area contributed by atoms with Gasteiger partial charge in [0.05, 0.1) is 76.0 Å². The van der Waals surface area contributed by atoms with Crippen molar-refractivity contribution in [2.45, 2.75) is 227 Å². The molecule has 3 aliphatic heterocycles. The first-order valence-electron chi connectivity index (χ1n) is 47.0. The number of aliphatic hydroxyl groups is 6. The van der Waals surface area contributed by atoms with Crippen LogP contribution in [0.15, 0.2) is 171 Å². The van der Waals surface area contributed by atoms with Crippen LogP contribution in [0.2, 0.25) is 0 Å². The number of aliphatic hydroxyl groups excluding tert-OH is 6. The van der Waals surface area contributed by atoms with Gasteiger partial charge in [0, 0.05) is 96.7 Å². The number of amides is 5. The second-order valence-electron chi connectivity index (χ2n) is 40.5. The van der Waals surface area contributed by atoms with Crippen molar-refractivity contribution < 1.29 is 79.0 Å². The number of aromatic carboxylic acids is 1. The molecule has 8 aromatic rings. The third kappa shape index (κ3) is 20.5. The first kappa shape index (κ1) is 95.7. The largest absolute Gasteiger partial charge is 0.478 e. The first-order valence-corrected chi connectivity index (χ1v) is 47.0. The predicted octanol–water partition coefficient (Wildman–Crippen LogP) is 11.1. The molecule has 5 amide bonds. The molecule has 0 radical (unpaired) electrons. The molecule has 12 fully saturated rings. The molecular formula is C103H134N12O16. The number of carbonyl (C=O) groups excluding carboxylic acids is 5. The van der Waals surface area contributed by atoms with Crippen molar-refractivity contribution in [3.05, 3.63) is 215 Å². The summed E-state index contributed by atoms with van der Waals surface area (Å²) in [5.41, 5.74) is 12.1. The number of nitrogens with zero attached hydrogens (tertiary/aromatic N) is 5. The van der Waals surface area contributed by atoms with Crippen LogP contribution in [-0.2, 0) is 61.4 Å². The highest BCUT2D eigenvalue weighted by atomic mass is 16.7. The molecule has 0 unspecified atom stereocenters. The van der Waals surface area contributed by atoms with E-state index in [0.717, 1.165) is 80.7 Å². The van der Waals surface area contributed by atoms with Crippen molar-refractivity contribution >= 4 is 35.5 Å². The fourth-order valence-electron chi connectivity index (χ4n) is 23.7. The van der Waals surface area contributed by atoms with Crippen molar-refractivity contribution in [3.63, 3.8) is 0 Å². The van der Waals surface area contributed by atoms with Gasteiger partial charge in [-0.1, -0.05) is 153 Å². The lowest BCUT2D eigenvalue weighted by atomic mass is 9.45. The van der Waals surface area contributed by atoms with E-state index < -0.39 is 78.5 Å². The zero-order valence-corrected chi connectivity index (χ0v) is 77.4. The maximum Gasteiger partial charge on any atom is 0.335 e. The quantitative estimate of drug-likeness (QED) is 0.0199. The van der Waals surface area contributed by atoms with Crippen LogP contribution in [0, 0.1) is 87.3 Å². The number of hydrogen-bond acceptors (Lipinski definition) is 20. The van der Waals surface area contributed by atoms with Gasteiger partial charge in [-0.05, 0) is 233 Å². The lowest BCUT2D eigenvalue weighted by Crippen LogP contribution is -2.62. The molecule has 28 heteroatoms. The third-order valence-electron chi connectivity index (χ3n) is 31.8. The van der Waals surface area contributed by atoms with Crippen molar-refractivity contribution in [3.8, 4) is 33.4 Å². The smallest absolute Gasteiger partial charge is 0.335 e. The summed E-state index contributed by atoms with van der Waals surface area (Å²) < 4.78 is 0. The molecule has 14 N–H and O–H groups in total. The van der Waals surface area contributed by atoms with Crippen LogP contribution in [0.3, 0.4) is 0 Å². The number of fused-ring (bicyclic) bond motifs is 6. The molecule has 9 aliphatic carbocycles. The minimum atomic E-state index is -0.986. The summed E-state index contributed by atoms with van der Waals surface area (Å²) in [6.45, 7) is 26.6. The molecule has 24 atom stereocenters. The highest BCUT2D eigenvalue weighted by Gasteiger charge is 2.61. The highest BCUT2D eigenvalue weighted by molar-refractivity contribution is 5.96. The van der Waals surface area contributed by atoms with Gasteiger partial charge in [-0.25, -0.2) is 14.8 Å². The summed E-state index contributed by atoms with van der Waals surface area (Å²) >= 11 is 0. The number of carboxylic acids is 1. The second kappa shape index (κ2) is 40.5. The lowest BCUT2D eigenvalue weighted by molar-refractivity contribution is -0.183. The number of nitrogens with one attached hydrogen (secondary N) is 7. The third-order valence-corrected chi connectivity index (χ3v) is 31.8. The van der Waals surface area contributed by atoms with Crippen molar-refractivity contribution in [1.29, 1.82) is 0 Å². The number of hydroxylamine groups is 6. The Labute approximate surface area is 768 Å². The molecule has 9 saturated carbocycles. The van der Waals surface area contributed by atoms with Crippen LogP contribution in [0.1, 0.15) is 181 Å². The molecule has 131 heavy (non-hydrogen) atoms. The van der Waals surface area contributed by atoms with E-state index in [1.165, 1.54) is 19.3 Å². The van der Waals surface area contributed by atoms with Crippen LogP contribution in [0.25, 0.3) is 33.4 Å². The topological polar surface area (TPSA) is 399 Å². The number of hydrogen-bond donors (Lipinski definition) is 14. The lowest BCUT2D eigenvalue weighted by Gasteiger charge is -2.62. The minimum Gasteiger partial charge on any atom is -0.478 e. The van der Waals surface area contributed by atoms with Gasteiger partial charge in [-0.2, -0.15) is 15.2 Å². The van der Waals surface area contributed by atoms with E-state index in [4.69, 9.17) is 14.5 Å². The summed E-state index contributed by atoms with van der Waals surface area (Å²) in [4.78, 5) is 111. The molecule has 6 bridgehead atoms. The second-order valence-corrected chi connectivity index (χ2v) is 40.5. The Hall–Kier alpha value is -9.92. The Bertz CT molecular complexity index is 5070. The van der Waals surface area contributed by atoms with Crippen LogP contribution in [-0.4, -0.2) is 212 Å².